The van der Waals surface area contributed by atoms with Gasteiger partial charge in [0.25, 0.3) is 5.91 Å². The van der Waals surface area contributed by atoms with Crippen LogP contribution in [-0.2, 0) is 9.84 Å². The van der Waals surface area contributed by atoms with Gasteiger partial charge < -0.3 is 15.4 Å². The third-order valence-corrected chi connectivity index (χ3v) is 5.81. The summed E-state index contributed by atoms with van der Waals surface area (Å²) in [7, 11) is -3.04. The van der Waals surface area contributed by atoms with Gasteiger partial charge in [-0.2, -0.15) is 0 Å². The van der Waals surface area contributed by atoms with Crippen LogP contribution in [0.15, 0.2) is 42.6 Å². The van der Waals surface area contributed by atoms with Gasteiger partial charge in [0, 0.05) is 17.8 Å². The van der Waals surface area contributed by atoms with Crippen molar-refractivity contribution in [3.63, 3.8) is 0 Å². The quantitative estimate of drug-likeness (QED) is 0.803. The van der Waals surface area contributed by atoms with Crippen molar-refractivity contribution in [2.45, 2.75) is 19.4 Å². The zero-order valence-corrected chi connectivity index (χ0v) is 15.3. The normalized spacial score (nSPS) is 18.3. The van der Waals surface area contributed by atoms with Crippen molar-refractivity contribution in [1.82, 2.24) is 10.3 Å². The number of benzene rings is 1. The number of hydrogen-bond donors (Lipinski definition) is 2. The fourth-order valence-corrected chi connectivity index (χ4v) is 4.48. The zero-order chi connectivity index (χ0) is 18.6. The van der Waals surface area contributed by atoms with Crippen LogP contribution in [0.5, 0.6) is 5.75 Å². The lowest BCUT2D eigenvalue weighted by atomic mass is 10.2. The van der Waals surface area contributed by atoms with E-state index in [1.165, 1.54) is 6.20 Å². The third-order valence-electron chi connectivity index (χ3n) is 4.04. The molecule has 2 aromatic rings. The molecule has 1 fully saturated rings. The van der Waals surface area contributed by atoms with E-state index in [9.17, 15) is 13.2 Å². The van der Waals surface area contributed by atoms with Crippen LogP contribution in [0.25, 0.3) is 0 Å². The lowest BCUT2D eigenvalue weighted by molar-refractivity contribution is 0.0941. The maximum atomic E-state index is 12.4. The highest BCUT2D eigenvalue weighted by molar-refractivity contribution is 7.91. The maximum Gasteiger partial charge on any atom is 0.251 e. The van der Waals surface area contributed by atoms with Crippen LogP contribution in [0.4, 0.5) is 11.5 Å². The number of amides is 1. The van der Waals surface area contributed by atoms with E-state index in [1.807, 2.05) is 31.2 Å². The van der Waals surface area contributed by atoms with Crippen LogP contribution < -0.4 is 15.4 Å². The molecule has 0 spiro atoms. The molecular weight excluding hydrogens is 354 g/mol. The largest absolute Gasteiger partial charge is 0.492 e. The predicted molar refractivity (Wildman–Crippen MR) is 99.7 cm³/mol. The number of nitrogens with zero attached hydrogens (tertiary/aromatic N) is 1. The van der Waals surface area contributed by atoms with Gasteiger partial charge in [-0.1, -0.05) is 12.1 Å². The fourth-order valence-electron chi connectivity index (χ4n) is 2.81. The SMILES string of the molecule is CCOc1ccccc1Nc1cc(C(=O)NC2CCS(=O)(=O)C2)ccn1. The number of rotatable bonds is 6. The second-order valence-corrected chi connectivity index (χ2v) is 8.29. The van der Waals surface area contributed by atoms with E-state index in [4.69, 9.17) is 4.74 Å². The first-order valence-electron chi connectivity index (χ1n) is 8.43. The van der Waals surface area contributed by atoms with Crippen LogP contribution in [0.3, 0.4) is 0 Å². The van der Waals surface area contributed by atoms with E-state index >= 15 is 0 Å². The number of pyridine rings is 1. The Morgan fingerprint density at radius 1 is 1.31 bits per heavy atom. The smallest absolute Gasteiger partial charge is 0.251 e. The number of sulfone groups is 1. The molecule has 1 aliphatic heterocycles. The molecule has 1 saturated heterocycles. The number of ether oxygens (including phenoxy) is 1. The molecule has 1 aromatic carbocycles. The Morgan fingerprint density at radius 3 is 2.85 bits per heavy atom. The molecule has 1 amide bonds. The number of hydrogen-bond acceptors (Lipinski definition) is 6. The molecule has 26 heavy (non-hydrogen) atoms. The van der Waals surface area contributed by atoms with E-state index in [2.05, 4.69) is 15.6 Å². The van der Waals surface area contributed by atoms with E-state index in [1.54, 1.807) is 12.1 Å². The molecule has 1 atom stereocenters. The molecule has 138 valence electrons. The van der Waals surface area contributed by atoms with Crippen LogP contribution in [0.1, 0.15) is 23.7 Å². The lowest BCUT2D eigenvalue weighted by Crippen LogP contribution is -2.35. The van der Waals surface area contributed by atoms with Crippen LogP contribution in [0, 0.1) is 0 Å². The summed E-state index contributed by atoms with van der Waals surface area (Å²) in [5.41, 5.74) is 1.17. The van der Waals surface area contributed by atoms with E-state index in [0.29, 0.717) is 30.2 Å². The van der Waals surface area contributed by atoms with Gasteiger partial charge in [-0.25, -0.2) is 13.4 Å². The third kappa shape index (κ3) is 4.51. The van der Waals surface area contributed by atoms with Gasteiger partial charge in [0.05, 0.1) is 23.8 Å². The molecule has 0 radical (unpaired) electrons. The van der Waals surface area contributed by atoms with E-state index in [0.717, 1.165) is 5.69 Å². The Bertz CT molecular complexity index is 899. The minimum absolute atomic E-state index is 0.00331. The minimum Gasteiger partial charge on any atom is -0.492 e. The molecule has 1 aromatic heterocycles. The number of carbonyl (C=O) groups excluding carboxylic acids is 1. The summed E-state index contributed by atoms with van der Waals surface area (Å²) >= 11 is 0. The highest BCUT2D eigenvalue weighted by Crippen LogP contribution is 2.26. The van der Waals surface area contributed by atoms with Gasteiger partial charge in [-0.3, -0.25) is 4.79 Å². The molecule has 2 heterocycles. The van der Waals surface area contributed by atoms with Gasteiger partial charge in [0.2, 0.25) is 0 Å². The Morgan fingerprint density at radius 2 is 2.12 bits per heavy atom. The maximum absolute atomic E-state index is 12.4. The van der Waals surface area contributed by atoms with Crippen LogP contribution >= 0.6 is 0 Å². The van der Waals surface area contributed by atoms with E-state index < -0.39 is 9.84 Å². The van der Waals surface area contributed by atoms with Crippen LogP contribution in [0.2, 0.25) is 0 Å². The Kier molecular flexibility index (Phi) is 5.41. The highest BCUT2D eigenvalue weighted by Gasteiger charge is 2.29. The first-order valence-corrected chi connectivity index (χ1v) is 10.2. The van der Waals surface area contributed by atoms with Crippen LogP contribution in [-0.4, -0.2) is 43.5 Å². The first kappa shape index (κ1) is 18.2. The molecule has 0 bridgehead atoms. The number of carbonyl (C=O) groups is 1. The molecule has 1 aliphatic rings. The predicted octanol–water partition coefficient (Wildman–Crippen LogP) is 2.14. The van der Waals surface area contributed by atoms with Crippen molar-refractivity contribution < 1.29 is 17.9 Å². The van der Waals surface area contributed by atoms with Crippen molar-refractivity contribution >= 4 is 27.2 Å². The average molecular weight is 375 g/mol. The van der Waals surface area contributed by atoms with Gasteiger partial charge in [-0.15, -0.1) is 0 Å². The number of aromatic nitrogens is 1. The lowest BCUT2D eigenvalue weighted by Gasteiger charge is -2.13. The standard InChI is InChI=1S/C18H21N3O4S/c1-2-25-16-6-4-3-5-15(16)21-17-11-13(7-9-19-17)18(22)20-14-8-10-26(23,24)12-14/h3-7,9,11,14H,2,8,10,12H2,1H3,(H,19,21)(H,20,22). The molecule has 7 nitrogen and oxygen atoms in total. The van der Waals surface area contributed by atoms with Gasteiger partial charge in [-0.05, 0) is 37.6 Å². The van der Waals surface area contributed by atoms with E-state index in [-0.39, 0.29) is 23.5 Å². The zero-order valence-electron chi connectivity index (χ0n) is 14.4. The number of anilines is 2. The molecule has 3 rings (SSSR count). The number of nitrogens with one attached hydrogen (secondary N) is 2. The molecule has 2 N–H and O–H groups in total. The molecule has 1 unspecified atom stereocenters. The molecule has 0 aliphatic carbocycles. The number of para-hydroxylation sites is 2. The Hall–Kier alpha value is -2.61. The second kappa shape index (κ2) is 7.74. The summed E-state index contributed by atoms with van der Waals surface area (Å²) in [4.78, 5) is 16.6. The summed E-state index contributed by atoms with van der Waals surface area (Å²) in [5, 5.41) is 5.92. The minimum atomic E-state index is -3.04. The molecular formula is C18H21N3O4S. The van der Waals surface area contributed by atoms with Gasteiger partial charge in [0.15, 0.2) is 9.84 Å². The van der Waals surface area contributed by atoms with Gasteiger partial charge >= 0.3 is 0 Å². The Labute approximate surface area is 152 Å². The molecule has 8 heteroatoms. The summed E-state index contributed by atoms with van der Waals surface area (Å²) in [6.45, 7) is 2.45. The first-order chi connectivity index (χ1) is 12.5. The monoisotopic (exact) mass is 375 g/mol. The van der Waals surface area contributed by atoms with Gasteiger partial charge in [0.1, 0.15) is 11.6 Å². The van der Waals surface area contributed by atoms with Crippen molar-refractivity contribution in [3.05, 3.63) is 48.2 Å². The van der Waals surface area contributed by atoms with Crippen molar-refractivity contribution in [3.8, 4) is 5.75 Å². The fraction of sp³-hybridized carbons (Fsp3) is 0.333. The summed E-state index contributed by atoms with van der Waals surface area (Å²) in [6.07, 6.45) is 1.98. The topological polar surface area (TPSA) is 97.4 Å². The van der Waals surface area contributed by atoms with Crippen molar-refractivity contribution in [1.29, 1.82) is 0 Å². The highest BCUT2D eigenvalue weighted by atomic mass is 32.2. The second-order valence-electron chi connectivity index (χ2n) is 6.06. The summed E-state index contributed by atoms with van der Waals surface area (Å²) in [5.74, 6) is 1.01. The average Bonchev–Trinajstić information content (AvgIpc) is 2.95. The van der Waals surface area contributed by atoms with Crippen molar-refractivity contribution in [2.75, 3.05) is 23.4 Å². The molecule has 0 saturated carbocycles. The van der Waals surface area contributed by atoms with Crippen molar-refractivity contribution in [2.24, 2.45) is 0 Å². The summed E-state index contributed by atoms with van der Waals surface area (Å²) < 4.78 is 28.6. The Balaban J connectivity index is 1.71. The summed E-state index contributed by atoms with van der Waals surface area (Å²) in [6, 6.07) is 10.4.